The predicted molar refractivity (Wildman–Crippen MR) is 124 cm³/mol. The zero-order valence-electron chi connectivity index (χ0n) is 18.4. The zero-order valence-corrected chi connectivity index (χ0v) is 18.4. The number of ether oxygens (including phenoxy) is 2. The quantitative estimate of drug-likeness (QED) is 0.469. The summed E-state index contributed by atoms with van der Waals surface area (Å²) in [5.41, 5.74) is 9.94. The van der Waals surface area contributed by atoms with Gasteiger partial charge in [0.1, 0.15) is 11.3 Å². The number of hydrogen-bond acceptors (Lipinski definition) is 7. The maximum Gasteiger partial charge on any atom is 0.304 e. The summed E-state index contributed by atoms with van der Waals surface area (Å²) in [6, 6.07) is 15.6. The lowest BCUT2D eigenvalue weighted by atomic mass is 10.0. The molecule has 0 saturated heterocycles. The first-order valence-electron chi connectivity index (χ1n) is 10.7. The fraction of sp³-hybridized carbons (Fsp3) is 0.250. The third-order valence-corrected chi connectivity index (χ3v) is 5.73. The molecule has 0 saturated carbocycles. The Hall–Kier alpha value is -3.98. The van der Waals surface area contributed by atoms with Gasteiger partial charge < -0.3 is 20.5 Å². The molecule has 0 fully saturated rings. The molecule has 0 aliphatic carbocycles. The lowest BCUT2D eigenvalue weighted by molar-refractivity contribution is 0.0544. The van der Waals surface area contributed by atoms with E-state index in [0.29, 0.717) is 47.9 Å². The van der Waals surface area contributed by atoms with Gasteiger partial charge in [-0.25, -0.2) is 9.55 Å². The molecule has 1 atom stereocenters. The second-order valence-corrected chi connectivity index (χ2v) is 7.81. The maximum absolute atomic E-state index is 11.9. The number of benzene rings is 2. The summed E-state index contributed by atoms with van der Waals surface area (Å²) in [6.45, 7) is 3.18. The standard InChI is InChI=1S/C24H24N6O3/c1-14-19-17(11-12-33-14)27-23(29-22(19)26-13-15-7-4-3-5-8-15)30-18-10-6-9-16(21(25)31)20(18)28-24(30)32-2/h3-10,14H,11-13H2,1-2H3,(H2,25,31)(H,26,27,29). The van der Waals surface area contributed by atoms with Crippen LogP contribution in [0.25, 0.3) is 17.0 Å². The second kappa shape index (κ2) is 8.51. The van der Waals surface area contributed by atoms with E-state index in [1.807, 2.05) is 31.2 Å². The molecule has 0 bridgehead atoms. The molecule has 33 heavy (non-hydrogen) atoms. The fourth-order valence-electron chi connectivity index (χ4n) is 4.16. The molecule has 1 amide bonds. The number of methoxy groups -OCH3 is 1. The minimum atomic E-state index is -0.560. The number of primary amides is 1. The smallest absolute Gasteiger partial charge is 0.304 e. The maximum atomic E-state index is 11.9. The van der Waals surface area contributed by atoms with Crippen LogP contribution in [0.1, 0.15) is 40.2 Å². The van der Waals surface area contributed by atoms with Crippen molar-refractivity contribution in [2.45, 2.75) is 26.0 Å². The monoisotopic (exact) mass is 444 g/mol. The van der Waals surface area contributed by atoms with Crippen molar-refractivity contribution >= 4 is 22.8 Å². The van der Waals surface area contributed by atoms with Crippen LogP contribution in [0.2, 0.25) is 0 Å². The van der Waals surface area contributed by atoms with Crippen molar-refractivity contribution in [3.8, 4) is 12.0 Å². The van der Waals surface area contributed by atoms with Crippen LogP contribution in [0.3, 0.4) is 0 Å². The summed E-state index contributed by atoms with van der Waals surface area (Å²) >= 11 is 0. The number of anilines is 1. The molecule has 2 aromatic carbocycles. The Morgan fingerprint density at radius 2 is 2.00 bits per heavy atom. The Labute approximate surface area is 190 Å². The average molecular weight is 444 g/mol. The Bertz CT molecular complexity index is 1340. The van der Waals surface area contributed by atoms with Gasteiger partial charge >= 0.3 is 6.01 Å². The highest BCUT2D eigenvalue weighted by Crippen LogP contribution is 2.34. The van der Waals surface area contributed by atoms with Crippen molar-refractivity contribution in [2.75, 3.05) is 19.0 Å². The van der Waals surface area contributed by atoms with Crippen molar-refractivity contribution in [1.82, 2.24) is 19.5 Å². The fourth-order valence-corrected chi connectivity index (χ4v) is 4.16. The molecular formula is C24H24N6O3. The Kier molecular flexibility index (Phi) is 5.39. The van der Waals surface area contributed by atoms with Gasteiger partial charge in [-0.1, -0.05) is 36.4 Å². The number of amides is 1. The van der Waals surface area contributed by atoms with Gasteiger partial charge in [-0.3, -0.25) is 4.79 Å². The topological polar surface area (TPSA) is 117 Å². The van der Waals surface area contributed by atoms with Crippen molar-refractivity contribution in [2.24, 2.45) is 5.73 Å². The third-order valence-electron chi connectivity index (χ3n) is 5.73. The number of nitrogens with one attached hydrogen (secondary N) is 1. The van der Waals surface area contributed by atoms with Gasteiger partial charge in [-0.15, -0.1) is 0 Å². The normalized spacial score (nSPS) is 15.3. The lowest BCUT2D eigenvalue weighted by Crippen LogP contribution is -2.21. The molecule has 3 N–H and O–H groups in total. The van der Waals surface area contributed by atoms with E-state index in [0.717, 1.165) is 16.8 Å². The first-order valence-corrected chi connectivity index (χ1v) is 10.7. The molecule has 9 nitrogen and oxygen atoms in total. The molecule has 4 aromatic rings. The van der Waals surface area contributed by atoms with Crippen LogP contribution in [0.15, 0.2) is 48.5 Å². The van der Waals surface area contributed by atoms with Crippen LogP contribution in [0.4, 0.5) is 5.82 Å². The van der Waals surface area contributed by atoms with Crippen LogP contribution in [-0.4, -0.2) is 39.1 Å². The van der Waals surface area contributed by atoms with Crippen LogP contribution in [0.5, 0.6) is 6.01 Å². The first-order chi connectivity index (χ1) is 16.1. The lowest BCUT2D eigenvalue weighted by Gasteiger charge is -2.25. The van der Waals surface area contributed by atoms with Crippen molar-refractivity contribution < 1.29 is 14.3 Å². The highest BCUT2D eigenvalue weighted by Gasteiger charge is 2.27. The third kappa shape index (κ3) is 3.76. The number of nitrogens with two attached hydrogens (primary N) is 1. The molecule has 3 heterocycles. The summed E-state index contributed by atoms with van der Waals surface area (Å²) < 4.78 is 13.1. The van der Waals surface area contributed by atoms with Crippen molar-refractivity contribution in [1.29, 1.82) is 0 Å². The summed E-state index contributed by atoms with van der Waals surface area (Å²) in [4.78, 5) is 26.1. The largest absolute Gasteiger partial charge is 0.468 e. The van der Waals surface area contributed by atoms with E-state index < -0.39 is 5.91 Å². The molecule has 9 heteroatoms. The number of rotatable bonds is 6. The highest BCUT2D eigenvalue weighted by molar-refractivity contribution is 6.04. The minimum Gasteiger partial charge on any atom is -0.468 e. The Morgan fingerprint density at radius 1 is 1.18 bits per heavy atom. The molecule has 168 valence electrons. The average Bonchev–Trinajstić information content (AvgIpc) is 3.21. The number of carbonyl (C=O) groups is 1. The number of hydrogen-bond donors (Lipinski definition) is 2. The number of carbonyl (C=O) groups excluding carboxylic acids is 1. The minimum absolute atomic E-state index is 0.135. The van der Waals surface area contributed by atoms with E-state index in [1.54, 1.807) is 16.7 Å². The van der Waals surface area contributed by atoms with E-state index in [-0.39, 0.29) is 12.1 Å². The molecule has 5 rings (SSSR count). The Morgan fingerprint density at radius 3 is 2.76 bits per heavy atom. The molecular weight excluding hydrogens is 420 g/mol. The van der Waals surface area contributed by atoms with E-state index >= 15 is 0 Å². The summed E-state index contributed by atoms with van der Waals surface area (Å²) in [5.74, 6) is 0.538. The number of nitrogens with zero attached hydrogens (tertiary/aromatic N) is 4. The zero-order chi connectivity index (χ0) is 22.9. The van der Waals surface area contributed by atoms with Crippen LogP contribution >= 0.6 is 0 Å². The summed E-state index contributed by atoms with van der Waals surface area (Å²) in [6.07, 6.45) is 0.528. The van der Waals surface area contributed by atoms with Crippen molar-refractivity contribution in [3.63, 3.8) is 0 Å². The van der Waals surface area contributed by atoms with Gasteiger partial charge in [0.15, 0.2) is 0 Å². The number of fused-ring (bicyclic) bond motifs is 2. The molecule has 0 spiro atoms. The first kappa shape index (κ1) is 20.9. The van der Waals surface area contributed by atoms with E-state index in [1.165, 1.54) is 7.11 Å². The van der Waals surface area contributed by atoms with Gasteiger partial charge in [0, 0.05) is 18.5 Å². The summed E-state index contributed by atoms with van der Waals surface area (Å²) in [7, 11) is 1.52. The van der Waals surface area contributed by atoms with Gasteiger partial charge in [-0.05, 0) is 24.6 Å². The second-order valence-electron chi connectivity index (χ2n) is 7.81. The predicted octanol–water partition coefficient (Wildman–Crippen LogP) is 3.17. The van der Waals surface area contributed by atoms with Crippen molar-refractivity contribution in [3.05, 3.63) is 70.9 Å². The SMILES string of the molecule is COc1nc2c(C(N)=O)cccc2n1-c1nc2c(c(NCc3ccccc3)n1)C(C)OCC2. The number of para-hydroxylation sites is 1. The molecule has 1 aliphatic heterocycles. The highest BCUT2D eigenvalue weighted by atomic mass is 16.5. The van der Waals surface area contributed by atoms with Crippen LogP contribution in [0, 0.1) is 0 Å². The van der Waals surface area contributed by atoms with Crippen LogP contribution < -0.4 is 15.8 Å². The molecule has 2 aromatic heterocycles. The molecule has 1 unspecified atom stereocenters. The van der Waals surface area contributed by atoms with E-state index in [2.05, 4.69) is 22.4 Å². The van der Waals surface area contributed by atoms with Gasteiger partial charge in [-0.2, -0.15) is 9.97 Å². The summed E-state index contributed by atoms with van der Waals surface area (Å²) in [5, 5.41) is 3.46. The number of imidazole rings is 1. The van der Waals surface area contributed by atoms with E-state index in [4.69, 9.17) is 25.2 Å². The molecule has 1 aliphatic rings. The molecule has 0 radical (unpaired) electrons. The number of aromatic nitrogens is 4. The van der Waals surface area contributed by atoms with E-state index in [9.17, 15) is 4.79 Å². The van der Waals surface area contributed by atoms with Crippen LogP contribution in [-0.2, 0) is 17.7 Å². The van der Waals surface area contributed by atoms with Gasteiger partial charge in [0.25, 0.3) is 5.91 Å². The van der Waals surface area contributed by atoms with Gasteiger partial charge in [0.05, 0.1) is 36.6 Å². The Balaban J connectivity index is 1.67. The van der Waals surface area contributed by atoms with Gasteiger partial charge in [0.2, 0.25) is 5.95 Å².